The lowest BCUT2D eigenvalue weighted by atomic mass is 10.2. The van der Waals surface area contributed by atoms with E-state index in [0.29, 0.717) is 0 Å². The highest BCUT2D eigenvalue weighted by Gasteiger charge is 2.17. The van der Waals surface area contributed by atoms with E-state index in [1.165, 1.54) is 5.57 Å². The van der Waals surface area contributed by atoms with E-state index in [-0.39, 0.29) is 0 Å². The van der Waals surface area contributed by atoms with Gasteiger partial charge in [-0.25, -0.2) is 9.97 Å². The Morgan fingerprint density at radius 2 is 1.43 bits per heavy atom. The van der Waals surface area contributed by atoms with Crippen molar-refractivity contribution in [3.63, 3.8) is 0 Å². The SMILES string of the molecule is C=C1Cc2nc3ccccc3nc2C1. The first-order valence-electron chi connectivity index (χ1n) is 4.74. The van der Waals surface area contributed by atoms with Gasteiger partial charge in [-0.1, -0.05) is 24.3 Å². The van der Waals surface area contributed by atoms with E-state index in [0.717, 1.165) is 35.3 Å². The van der Waals surface area contributed by atoms with Crippen molar-refractivity contribution in [3.05, 3.63) is 47.8 Å². The second-order valence-electron chi connectivity index (χ2n) is 3.71. The van der Waals surface area contributed by atoms with Crippen LogP contribution in [0, 0.1) is 0 Å². The van der Waals surface area contributed by atoms with E-state index < -0.39 is 0 Å². The number of rotatable bonds is 0. The molecule has 2 nitrogen and oxygen atoms in total. The van der Waals surface area contributed by atoms with Crippen molar-refractivity contribution in [1.82, 2.24) is 9.97 Å². The van der Waals surface area contributed by atoms with Gasteiger partial charge in [-0.3, -0.25) is 0 Å². The topological polar surface area (TPSA) is 25.8 Å². The summed E-state index contributed by atoms with van der Waals surface area (Å²) in [6, 6.07) is 7.99. The highest BCUT2D eigenvalue weighted by molar-refractivity contribution is 5.74. The number of aromatic nitrogens is 2. The Bertz CT molecular complexity index is 482. The minimum absolute atomic E-state index is 0.896. The molecule has 0 amide bonds. The van der Waals surface area contributed by atoms with Crippen LogP contribution in [0.25, 0.3) is 11.0 Å². The number of allylic oxidation sites excluding steroid dienone is 1. The average Bonchev–Trinajstić information content (AvgIpc) is 2.53. The standard InChI is InChI=1S/C12H10N2/c1-8-6-11-12(7-8)14-10-5-3-2-4-9(10)13-11/h2-5H,1,6-7H2. The van der Waals surface area contributed by atoms with E-state index >= 15 is 0 Å². The molecule has 1 aromatic carbocycles. The molecule has 2 aromatic rings. The van der Waals surface area contributed by atoms with Gasteiger partial charge in [0.15, 0.2) is 0 Å². The van der Waals surface area contributed by atoms with Gasteiger partial charge < -0.3 is 0 Å². The van der Waals surface area contributed by atoms with Crippen molar-refractivity contribution in [2.45, 2.75) is 12.8 Å². The molecule has 0 saturated heterocycles. The second-order valence-corrected chi connectivity index (χ2v) is 3.71. The molecular formula is C12H10N2. The molecule has 0 fully saturated rings. The quantitative estimate of drug-likeness (QED) is 0.584. The Hall–Kier alpha value is -1.70. The van der Waals surface area contributed by atoms with Gasteiger partial charge in [-0.05, 0) is 12.1 Å². The van der Waals surface area contributed by atoms with E-state index in [1.807, 2.05) is 24.3 Å². The van der Waals surface area contributed by atoms with Crippen molar-refractivity contribution in [3.8, 4) is 0 Å². The van der Waals surface area contributed by atoms with Gasteiger partial charge in [0.1, 0.15) is 0 Å². The lowest BCUT2D eigenvalue weighted by Gasteiger charge is -1.99. The fourth-order valence-electron chi connectivity index (χ4n) is 1.89. The molecule has 0 bridgehead atoms. The molecule has 0 saturated carbocycles. The van der Waals surface area contributed by atoms with E-state index in [1.54, 1.807) is 0 Å². The maximum atomic E-state index is 4.58. The molecule has 0 radical (unpaired) electrons. The van der Waals surface area contributed by atoms with Crippen LogP contribution in [0.1, 0.15) is 11.4 Å². The predicted octanol–water partition coefficient (Wildman–Crippen LogP) is 2.28. The summed E-state index contributed by atoms with van der Waals surface area (Å²) < 4.78 is 0. The molecule has 0 aliphatic heterocycles. The molecule has 1 heterocycles. The van der Waals surface area contributed by atoms with Crippen LogP contribution in [0.3, 0.4) is 0 Å². The van der Waals surface area contributed by atoms with Crippen molar-refractivity contribution >= 4 is 11.0 Å². The van der Waals surface area contributed by atoms with Gasteiger partial charge in [0, 0.05) is 12.8 Å². The molecule has 3 rings (SSSR count). The molecule has 1 aliphatic carbocycles. The van der Waals surface area contributed by atoms with Crippen LogP contribution in [0.5, 0.6) is 0 Å². The molecular weight excluding hydrogens is 172 g/mol. The monoisotopic (exact) mass is 182 g/mol. The Kier molecular flexibility index (Phi) is 1.45. The number of fused-ring (bicyclic) bond motifs is 2. The van der Waals surface area contributed by atoms with Gasteiger partial charge in [-0.2, -0.15) is 0 Å². The fourth-order valence-corrected chi connectivity index (χ4v) is 1.89. The highest BCUT2D eigenvalue weighted by atomic mass is 14.8. The third-order valence-electron chi connectivity index (χ3n) is 2.56. The van der Waals surface area contributed by atoms with Gasteiger partial charge in [0.05, 0.1) is 22.4 Å². The zero-order valence-corrected chi connectivity index (χ0v) is 7.83. The van der Waals surface area contributed by atoms with Gasteiger partial charge >= 0.3 is 0 Å². The summed E-state index contributed by atoms with van der Waals surface area (Å²) in [5.41, 5.74) is 5.40. The smallest absolute Gasteiger partial charge is 0.0890 e. The molecule has 0 unspecified atom stereocenters. The summed E-state index contributed by atoms with van der Waals surface area (Å²) >= 11 is 0. The summed E-state index contributed by atoms with van der Waals surface area (Å²) in [7, 11) is 0. The molecule has 2 heteroatoms. The number of para-hydroxylation sites is 2. The van der Waals surface area contributed by atoms with Crippen molar-refractivity contribution in [2.24, 2.45) is 0 Å². The van der Waals surface area contributed by atoms with Gasteiger partial charge in [0.25, 0.3) is 0 Å². The molecule has 68 valence electrons. The third kappa shape index (κ3) is 1.04. The summed E-state index contributed by atoms with van der Waals surface area (Å²) in [6.07, 6.45) is 1.79. The summed E-state index contributed by atoms with van der Waals surface area (Å²) in [4.78, 5) is 9.17. The summed E-state index contributed by atoms with van der Waals surface area (Å²) in [6.45, 7) is 3.98. The summed E-state index contributed by atoms with van der Waals surface area (Å²) in [5.74, 6) is 0. The number of benzene rings is 1. The second kappa shape index (κ2) is 2.64. The van der Waals surface area contributed by atoms with Crippen LogP contribution in [-0.2, 0) is 12.8 Å². The Morgan fingerprint density at radius 3 is 1.93 bits per heavy atom. The number of nitrogens with zero attached hydrogens (tertiary/aromatic N) is 2. The Balaban J connectivity index is 2.31. The molecule has 14 heavy (non-hydrogen) atoms. The third-order valence-corrected chi connectivity index (χ3v) is 2.56. The fraction of sp³-hybridized carbons (Fsp3) is 0.167. The van der Waals surface area contributed by atoms with Crippen molar-refractivity contribution in [1.29, 1.82) is 0 Å². The molecule has 1 aromatic heterocycles. The Morgan fingerprint density at radius 1 is 0.929 bits per heavy atom. The lowest BCUT2D eigenvalue weighted by Crippen LogP contribution is -1.93. The molecule has 0 spiro atoms. The van der Waals surface area contributed by atoms with Crippen LogP contribution in [0.4, 0.5) is 0 Å². The number of hydrogen-bond donors (Lipinski definition) is 0. The van der Waals surface area contributed by atoms with Crippen LogP contribution < -0.4 is 0 Å². The van der Waals surface area contributed by atoms with E-state index in [4.69, 9.17) is 0 Å². The van der Waals surface area contributed by atoms with Gasteiger partial charge in [0.2, 0.25) is 0 Å². The molecule has 0 atom stereocenters. The zero-order valence-electron chi connectivity index (χ0n) is 7.83. The lowest BCUT2D eigenvalue weighted by molar-refractivity contribution is 1.11. The summed E-state index contributed by atoms with van der Waals surface area (Å²) in [5, 5.41) is 0. The van der Waals surface area contributed by atoms with Crippen molar-refractivity contribution in [2.75, 3.05) is 0 Å². The Labute approximate surface area is 82.3 Å². The van der Waals surface area contributed by atoms with Crippen molar-refractivity contribution < 1.29 is 0 Å². The largest absolute Gasteiger partial charge is 0.249 e. The highest BCUT2D eigenvalue weighted by Crippen LogP contribution is 2.23. The maximum absolute atomic E-state index is 4.58. The van der Waals surface area contributed by atoms with E-state index in [9.17, 15) is 0 Å². The van der Waals surface area contributed by atoms with Crippen LogP contribution in [0.15, 0.2) is 36.4 Å². The first-order chi connectivity index (χ1) is 6.83. The average molecular weight is 182 g/mol. The molecule has 0 N–H and O–H groups in total. The molecule has 1 aliphatic rings. The van der Waals surface area contributed by atoms with Crippen LogP contribution in [-0.4, -0.2) is 9.97 Å². The first-order valence-corrected chi connectivity index (χ1v) is 4.74. The normalized spacial score (nSPS) is 14.7. The minimum atomic E-state index is 0.896. The van der Waals surface area contributed by atoms with Crippen LogP contribution >= 0.6 is 0 Å². The zero-order chi connectivity index (χ0) is 9.54. The van der Waals surface area contributed by atoms with Gasteiger partial charge in [-0.15, -0.1) is 0 Å². The van der Waals surface area contributed by atoms with Crippen LogP contribution in [0.2, 0.25) is 0 Å². The number of hydrogen-bond acceptors (Lipinski definition) is 2. The minimum Gasteiger partial charge on any atom is -0.249 e. The maximum Gasteiger partial charge on any atom is 0.0890 e. The van der Waals surface area contributed by atoms with E-state index in [2.05, 4.69) is 16.5 Å². The predicted molar refractivity (Wildman–Crippen MR) is 56.1 cm³/mol. The first kappa shape index (κ1) is 7.68.